The molecule has 0 radical (unpaired) electrons. The van der Waals surface area contributed by atoms with Crippen LogP contribution in [0, 0.1) is 17.8 Å². The Morgan fingerprint density at radius 1 is 1.50 bits per heavy atom. The predicted molar refractivity (Wildman–Crippen MR) is 62.1 cm³/mol. The lowest BCUT2D eigenvalue weighted by atomic mass is 9.88. The minimum Gasteiger partial charge on any atom is -0.381 e. The van der Waals surface area contributed by atoms with E-state index in [-0.39, 0.29) is 11.8 Å². The molecule has 2 fully saturated rings. The molecule has 0 bridgehead atoms. The van der Waals surface area contributed by atoms with Crippen LogP contribution in [0.5, 0.6) is 0 Å². The zero-order valence-electron chi connectivity index (χ0n) is 10.00. The van der Waals surface area contributed by atoms with E-state index >= 15 is 0 Å². The van der Waals surface area contributed by atoms with E-state index in [1.54, 1.807) is 0 Å². The Bertz CT molecular complexity index is 239. The highest BCUT2D eigenvalue weighted by Gasteiger charge is 2.26. The molecule has 0 aromatic carbocycles. The summed E-state index contributed by atoms with van der Waals surface area (Å²) in [6.07, 6.45) is 2.09. The van der Waals surface area contributed by atoms with E-state index in [2.05, 4.69) is 17.6 Å². The Balaban J connectivity index is 1.71. The Morgan fingerprint density at radius 2 is 2.38 bits per heavy atom. The van der Waals surface area contributed by atoms with Crippen molar-refractivity contribution >= 4 is 5.91 Å². The molecule has 3 atom stereocenters. The van der Waals surface area contributed by atoms with Gasteiger partial charge in [0.25, 0.3) is 0 Å². The number of rotatable bonds is 3. The van der Waals surface area contributed by atoms with E-state index in [9.17, 15) is 4.79 Å². The summed E-state index contributed by atoms with van der Waals surface area (Å²) in [6.45, 7) is 6.56. The average Bonchev–Trinajstić information content (AvgIpc) is 2.81. The number of hydrogen-bond acceptors (Lipinski definition) is 3. The van der Waals surface area contributed by atoms with Crippen LogP contribution in [0.3, 0.4) is 0 Å². The van der Waals surface area contributed by atoms with E-state index in [0.717, 1.165) is 32.7 Å². The summed E-state index contributed by atoms with van der Waals surface area (Å²) >= 11 is 0. The maximum absolute atomic E-state index is 11.8. The van der Waals surface area contributed by atoms with Crippen LogP contribution in [0.4, 0.5) is 0 Å². The number of carbonyl (C=O) groups is 1. The first-order chi connectivity index (χ1) is 7.77. The second-order valence-electron chi connectivity index (χ2n) is 5.04. The lowest BCUT2D eigenvalue weighted by Gasteiger charge is -2.29. The number of piperidine rings is 1. The molecule has 0 aromatic heterocycles. The third kappa shape index (κ3) is 2.95. The smallest absolute Gasteiger partial charge is 0.225 e. The van der Waals surface area contributed by atoms with E-state index < -0.39 is 0 Å². The quantitative estimate of drug-likeness (QED) is 0.731. The molecule has 2 aliphatic rings. The van der Waals surface area contributed by atoms with Gasteiger partial charge in [-0.05, 0) is 37.8 Å². The molecule has 0 spiro atoms. The van der Waals surface area contributed by atoms with Crippen LogP contribution in [-0.4, -0.2) is 38.8 Å². The fraction of sp³-hybridized carbons (Fsp3) is 0.917. The van der Waals surface area contributed by atoms with Crippen molar-refractivity contribution in [3.05, 3.63) is 0 Å². The molecule has 4 nitrogen and oxygen atoms in total. The predicted octanol–water partition coefficient (Wildman–Crippen LogP) is 0.385. The van der Waals surface area contributed by atoms with Crippen LogP contribution < -0.4 is 10.6 Å². The minimum atomic E-state index is 0.0897. The maximum atomic E-state index is 11.8. The molecule has 0 saturated carbocycles. The van der Waals surface area contributed by atoms with Crippen molar-refractivity contribution in [2.45, 2.75) is 19.8 Å². The summed E-state index contributed by atoms with van der Waals surface area (Å²) in [5.41, 5.74) is 0. The number of carbonyl (C=O) groups excluding carboxylic acids is 1. The van der Waals surface area contributed by atoms with Gasteiger partial charge in [-0.25, -0.2) is 0 Å². The first-order valence-corrected chi connectivity index (χ1v) is 6.33. The highest BCUT2D eigenvalue weighted by Crippen LogP contribution is 2.18. The summed E-state index contributed by atoms with van der Waals surface area (Å²) in [5.74, 6) is 1.56. The van der Waals surface area contributed by atoms with Crippen molar-refractivity contribution in [2.75, 3.05) is 32.8 Å². The third-order valence-electron chi connectivity index (χ3n) is 3.83. The van der Waals surface area contributed by atoms with Crippen molar-refractivity contribution in [2.24, 2.45) is 17.8 Å². The van der Waals surface area contributed by atoms with Gasteiger partial charge >= 0.3 is 0 Å². The van der Waals surface area contributed by atoms with Crippen molar-refractivity contribution in [1.29, 1.82) is 0 Å². The van der Waals surface area contributed by atoms with Crippen LogP contribution in [-0.2, 0) is 9.53 Å². The molecule has 4 heteroatoms. The molecule has 2 rings (SSSR count). The van der Waals surface area contributed by atoms with Gasteiger partial charge in [0.05, 0.1) is 12.5 Å². The number of amides is 1. The molecule has 92 valence electrons. The van der Waals surface area contributed by atoms with Crippen molar-refractivity contribution in [3.8, 4) is 0 Å². The molecule has 2 N–H and O–H groups in total. The van der Waals surface area contributed by atoms with Crippen LogP contribution in [0.1, 0.15) is 19.8 Å². The summed E-state index contributed by atoms with van der Waals surface area (Å²) in [5, 5.41) is 6.45. The first kappa shape index (κ1) is 11.9. The van der Waals surface area contributed by atoms with Crippen LogP contribution in [0.2, 0.25) is 0 Å². The van der Waals surface area contributed by atoms with Crippen LogP contribution >= 0.6 is 0 Å². The fourth-order valence-corrected chi connectivity index (χ4v) is 2.44. The van der Waals surface area contributed by atoms with Gasteiger partial charge < -0.3 is 15.4 Å². The third-order valence-corrected chi connectivity index (χ3v) is 3.83. The SMILES string of the molecule is CC1CCNCC1CNC(=O)C1CCOC1. The zero-order chi connectivity index (χ0) is 11.4. The normalized spacial score (nSPS) is 34.9. The Hall–Kier alpha value is -0.610. The monoisotopic (exact) mass is 226 g/mol. The molecule has 2 heterocycles. The lowest BCUT2D eigenvalue weighted by molar-refractivity contribution is -0.125. The number of nitrogens with one attached hydrogen (secondary N) is 2. The van der Waals surface area contributed by atoms with Crippen molar-refractivity contribution in [3.63, 3.8) is 0 Å². The molecule has 2 aliphatic heterocycles. The van der Waals surface area contributed by atoms with Crippen molar-refractivity contribution < 1.29 is 9.53 Å². The molecule has 3 unspecified atom stereocenters. The number of hydrogen-bond donors (Lipinski definition) is 2. The highest BCUT2D eigenvalue weighted by molar-refractivity contribution is 5.78. The molecule has 0 aliphatic carbocycles. The van der Waals surface area contributed by atoms with Gasteiger partial charge in [-0.3, -0.25) is 4.79 Å². The topological polar surface area (TPSA) is 50.4 Å². The number of ether oxygens (including phenoxy) is 1. The van der Waals surface area contributed by atoms with Crippen molar-refractivity contribution in [1.82, 2.24) is 10.6 Å². The van der Waals surface area contributed by atoms with E-state index in [1.165, 1.54) is 6.42 Å². The van der Waals surface area contributed by atoms with Gasteiger partial charge in [0.1, 0.15) is 0 Å². The van der Waals surface area contributed by atoms with Gasteiger partial charge in [0.15, 0.2) is 0 Å². The summed E-state index contributed by atoms with van der Waals surface area (Å²) < 4.78 is 5.22. The first-order valence-electron chi connectivity index (χ1n) is 6.33. The van der Waals surface area contributed by atoms with Gasteiger partial charge in [-0.15, -0.1) is 0 Å². The van der Waals surface area contributed by atoms with Crippen LogP contribution in [0.25, 0.3) is 0 Å². The van der Waals surface area contributed by atoms with E-state index in [0.29, 0.717) is 18.4 Å². The standard InChI is InChI=1S/C12H22N2O2/c1-9-2-4-13-6-11(9)7-14-12(15)10-3-5-16-8-10/h9-11,13H,2-8H2,1H3,(H,14,15). The Labute approximate surface area is 97.1 Å². The lowest BCUT2D eigenvalue weighted by Crippen LogP contribution is -2.43. The molecule has 0 aromatic rings. The molecular weight excluding hydrogens is 204 g/mol. The molecule has 2 saturated heterocycles. The van der Waals surface area contributed by atoms with Gasteiger partial charge in [-0.1, -0.05) is 6.92 Å². The largest absolute Gasteiger partial charge is 0.381 e. The van der Waals surface area contributed by atoms with E-state index in [4.69, 9.17) is 4.74 Å². The second kappa shape index (κ2) is 5.64. The Morgan fingerprint density at radius 3 is 3.06 bits per heavy atom. The zero-order valence-corrected chi connectivity index (χ0v) is 10.00. The molecule has 16 heavy (non-hydrogen) atoms. The Kier molecular flexibility index (Phi) is 4.18. The van der Waals surface area contributed by atoms with E-state index in [1.807, 2.05) is 0 Å². The van der Waals surface area contributed by atoms with Gasteiger partial charge in [0.2, 0.25) is 5.91 Å². The fourth-order valence-electron chi connectivity index (χ4n) is 2.44. The summed E-state index contributed by atoms with van der Waals surface area (Å²) in [4.78, 5) is 11.8. The van der Waals surface area contributed by atoms with Gasteiger partial charge in [-0.2, -0.15) is 0 Å². The van der Waals surface area contributed by atoms with Crippen LogP contribution in [0.15, 0.2) is 0 Å². The molecule has 1 amide bonds. The summed E-state index contributed by atoms with van der Waals surface area (Å²) in [6, 6.07) is 0. The average molecular weight is 226 g/mol. The maximum Gasteiger partial charge on any atom is 0.225 e. The summed E-state index contributed by atoms with van der Waals surface area (Å²) in [7, 11) is 0. The highest BCUT2D eigenvalue weighted by atomic mass is 16.5. The van der Waals surface area contributed by atoms with Gasteiger partial charge in [0, 0.05) is 13.2 Å². The minimum absolute atomic E-state index is 0.0897. The second-order valence-corrected chi connectivity index (χ2v) is 5.04. The molecular formula is C12H22N2O2.